The van der Waals surface area contributed by atoms with E-state index >= 15 is 0 Å². The molecule has 7 heteroatoms. The highest BCUT2D eigenvalue weighted by Crippen LogP contribution is 2.36. The Hall–Kier alpha value is -1.70. The third kappa shape index (κ3) is 4.72. The van der Waals surface area contributed by atoms with Crippen LogP contribution in [0, 0.1) is 6.92 Å². The highest BCUT2D eigenvalue weighted by molar-refractivity contribution is 7.85. The molecular weight excluding hydrogens is 363 g/mol. The Morgan fingerprint density at radius 1 is 1.08 bits per heavy atom. The van der Waals surface area contributed by atoms with Gasteiger partial charge in [0.15, 0.2) is 5.60 Å². The average molecular weight is 385 g/mol. The van der Waals surface area contributed by atoms with Gasteiger partial charge in [-0.05, 0) is 31.5 Å². The molecule has 26 heavy (non-hydrogen) atoms. The Morgan fingerprint density at radius 2 is 1.65 bits per heavy atom. The number of hydrogen-bond acceptors (Lipinski definition) is 3. The first-order chi connectivity index (χ1) is 12.1. The summed E-state index contributed by atoms with van der Waals surface area (Å²) in [7, 11) is -2.01. The maximum Gasteiger partial charge on any atom is 0.419 e. The molecular formula is C19H22F3NO2S. The third-order valence-electron chi connectivity index (χ3n) is 4.30. The number of aryl methyl sites for hydroxylation is 1. The number of aliphatic hydroxyl groups is 1. The van der Waals surface area contributed by atoms with E-state index in [1.165, 1.54) is 12.1 Å². The normalized spacial score (nSPS) is 16.7. The predicted molar refractivity (Wildman–Crippen MR) is 96.2 cm³/mol. The number of rotatable bonds is 7. The van der Waals surface area contributed by atoms with Crippen molar-refractivity contribution in [1.82, 2.24) is 5.32 Å². The van der Waals surface area contributed by atoms with Crippen molar-refractivity contribution < 1.29 is 22.5 Å². The van der Waals surface area contributed by atoms with Gasteiger partial charge in [0.05, 0.1) is 16.0 Å². The summed E-state index contributed by atoms with van der Waals surface area (Å²) >= 11 is 0. The van der Waals surface area contributed by atoms with Crippen molar-refractivity contribution in [2.24, 2.45) is 0 Å². The second-order valence-electron chi connectivity index (χ2n) is 6.26. The molecule has 0 heterocycles. The fraction of sp³-hybridized carbons (Fsp3) is 0.368. The van der Waals surface area contributed by atoms with Gasteiger partial charge in [-0.3, -0.25) is 4.21 Å². The van der Waals surface area contributed by atoms with Gasteiger partial charge in [-0.2, -0.15) is 13.2 Å². The van der Waals surface area contributed by atoms with Gasteiger partial charge in [0.1, 0.15) is 0 Å². The summed E-state index contributed by atoms with van der Waals surface area (Å²) in [4.78, 5) is 0.258. The molecule has 2 aromatic rings. The van der Waals surface area contributed by atoms with Crippen molar-refractivity contribution in [1.29, 1.82) is 0 Å². The molecule has 3 nitrogen and oxygen atoms in total. The van der Waals surface area contributed by atoms with Crippen molar-refractivity contribution in [3.8, 4) is 0 Å². The van der Waals surface area contributed by atoms with E-state index < -0.39 is 34.4 Å². The monoisotopic (exact) mass is 385 g/mol. The quantitative estimate of drug-likeness (QED) is 0.766. The van der Waals surface area contributed by atoms with Crippen molar-refractivity contribution in [3.63, 3.8) is 0 Å². The standard InChI is InChI=1S/C19H22F3NO2S/c1-14-8-10-17(11-9-14)26(25)15(2)18(24,19(20,21)22)13-23-12-16-6-4-3-5-7-16/h3-11,15,23-24H,12-13H2,1-2H3/t15-,18-,26?/m0/s1. The Kier molecular flexibility index (Phi) is 6.60. The van der Waals surface area contributed by atoms with E-state index in [4.69, 9.17) is 0 Å². The molecule has 0 saturated heterocycles. The minimum Gasteiger partial charge on any atom is -0.378 e. The molecule has 1 unspecified atom stereocenters. The summed E-state index contributed by atoms with van der Waals surface area (Å²) in [5.41, 5.74) is -1.41. The zero-order chi connectivity index (χ0) is 19.4. The van der Waals surface area contributed by atoms with Crippen molar-refractivity contribution in [2.45, 2.75) is 42.3 Å². The first-order valence-electron chi connectivity index (χ1n) is 8.16. The van der Waals surface area contributed by atoms with Crippen molar-refractivity contribution in [3.05, 3.63) is 65.7 Å². The molecule has 0 radical (unpaired) electrons. The molecule has 0 aliphatic heterocycles. The van der Waals surface area contributed by atoms with E-state index in [0.717, 1.165) is 18.1 Å². The summed E-state index contributed by atoms with van der Waals surface area (Å²) in [5.74, 6) is 0. The molecule has 0 aliphatic carbocycles. The molecule has 0 saturated carbocycles. The summed E-state index contributed by atoms with van der Waals surface area (Å²) in [5, 5.41) is 11.5. The van der Waals surface area contributed by atoms with Gasteiger partial charge < -0.3 is 10.4 Å². The van der Waals surface area contributed by atoms with Gasteiger partial charge in [-0.1, -0.05) is 48.0 Å². The Labute approximate surface area is 153 Å². The zero-order valence-electron chi connectivity index (χ0n) is 14.6. The average Bonchev–Trinajstić information content (AvgIpc) is 2.61. The van der Waals surface area contributed by atoms with Gasteiger partial charge in [0.2, 0.25) is 0 Å². The van der Waals surface area contributed by atoms with E-state index in [2.05, 4.69) is 5.32 Å². The smallest absolute Gasteiger partial charge is 0.378 e. The lowest BCUT2D eigenvalue weighted by Gasteiger charge is -2.35. The number of nitrogens with one attached hydrogen (secondary N) is 1. The Bertz CT molecular complexity index is 735. The molecule has 0 fully saturated rings. The lowest BCUT2D eigenvalue weighted by molar-refractivity contribution is -0.256. The molecule has 2 aromatic carbocycles. The number of alkyl halides is 3. The van der Waals surface area contributed by atoms with Crippen LogP contribution in [0.15, 0.2) is 59.5 Å². The number of hydrogen-bond donors (Lipinski definition) is 2. The molecule has 0 aliphatic rings. The Morgan fingerprint density at radius 3 is 2.19 bits per heavy atom. The van der Waals surface area contributed by atoms with Crippen LogP contribution in [0.5, 0.6) is 0 Å². The zero-order valence-corrected chi connectivity index (χ0v) is 15.4. The van der Waals surface area contributed by atoms with Gasteiger partial charge in [0, 0.05) is 18.0 Å². The van der Waals surface area contributed by atoms with Crippen LogP contribution in [0.1, 0.15) is 18.1 Å². The van der Waals surface area contributed by atoms with Crippen LogP contribution in [-0.2, 0) is 17.3 Å². The second kappa shape index (κ2) is 8.33. The second-order valence-corrected chi connectivity index (χ2v) is 8.04. The topological polar surface area (TPSA) is 49.3 Å². The summed E-state index contributed by atoms with van der Waals surface area (Å²) < 4.78 is 53.4. The van der Waals surface area contributed by atoms with Crippen LogP contribution in [0.25, 0.3) is 0 Å². The predicted octanol–water partition coefficient (Wildman–Crippen LogP) is 3.57. The minimum atomic E-state index is -4.92. The van der Waals surface area contributed by atoms with E-state index in [1.54, 1.807) is 36.4 Å². The van der Waals surface area contributed by atoms with E-state index in [-0.39, 0.29) is 11.4 Å². The van der Waals surface area contributed by atoms with Crippen molar-refractivity contribution >= 4 is 10.8 Å². The van der Waals surface area contributed by atoms with Crippen LogP contribution in [-0.4, -0.2) is 32.9 Å². The van der Waals surface area contributed by atoms with Gasteiger partial charge in [0.25, 0.3) is 0 Å². The molecule has 142 valence electrons. The minimum absolute atomic E-state index is 0.170. The van der Waals surface area contributed by atoms with Crippen LogP contribution >= 0.6 is 0 Å². The highest BCUT2D eigenvalue weighted by Gasteiger charge is 2.58. The number of benzene rings is 2. The van der Waals surface area contributed by atoms with Crippen LogP contribution in [0.3, 0.4) is 0 Å². The van der Waals surface area contributed by atoms with Crippen LogP contribution < -0.4 is 5.32 Å². The third-order valence-corrected chi connectivity index (χ3v) is 6.07. The molecule has 2 N–H and O–H groups in total. The largest absolute Gasteiger partial charge is 0.419 e. The molecule has 0 bridgehead atoms. The SMILES string of the molecule is Cc1ccc(S(=O)[C@@H](C)[C@@](O)(CNCc2ccccc2)C(F)(F)F)cc1. The molecule has 0 aromatic heterocycles. The van der Waals surface area contributed by atoms with E-state index in [1.807, 2.05) is 13.0 Å². The summed E-state index contributed by atoms with van der Waals surface area (Å²) in [6, 6.07) is 15.3. The summed E-state index contributed by atoms with van der Waals surface area (Å²) in [6.07, 6.45) is -4.92. The number of halogens is 3. The maximum absolute atomic E-state index is 13.6. The molecule has 3 atom stereocenters. The van der Waals surface area contributed by atoms with Gasteiger partial charge >= 0.3 is 6.18 Å². The lowest BCUT2D eigenvalue weighted by atomic mass is 9.99. The first-order valence-corrected chi connectivity index (χ1v) is 9.37. The van der Waals surface area contributed by atoms with Gasteiger partial charge in [-0.15, -0.1) is 0 Å². The molecule has 0 spiro atoms. The van der Waals surface area contributed by atoms with Crippen LogP contribution in [0.2, 0.25) is 0 Å². The fourth-order valence-electron chi connectivity index (χ4n) is 2.52. The van der Waals surface area contributed by atoms with E-state index in [9.17, 15) is 22.5 Å². The molecule has 0 amide bonds. The van der Waals surface area contributed by atoms with Gasteiger partial charge in [-0.25, -0.2) is 0 Å². The van der Waals surface area contributed by atoms with Crippen LogP contribution in [0.4, 0.5) is 13.2 Å². The van der Waals surface area contributed by atoms with E-state index in [0.29, 0.717) is 0 Å². The maximum atomic E-state index is 13.6. The first kappa shape index (κ1) is 20.6. The molecule has 2 rings (SSSR count). The fourth-order valence-corrected chi connectivity index (χ4v) is 3.90. The van der Waals surface area contributed by atoms with Crippen molar-refractivity contribution in [2.75, 3.05) is 6.54 Å². The summed E-state index contributed by atoms with van der Waals surface area (Å²) in [6.45, 7) is 2.41. The Balaban J connectivity index is 2.16. The highest BCUT2D eigenvalue weighted by atomic mass is 32.2. The lowest BCUT2D eigenvalue weighted by Crippen LogP contribution is -2.60.